The Morgan fingerprint density at radius 1 is 1.50 bits per heavy atom. The van der Waals surface area contributed by atoms with Gasteiger partial charge in [0.15, 0.2) is 0 Å². The molecule has 1 aromatic heterocycles. The molecule has 0 aliphatic rings. The van der Waals surface area contributed by atoms with Crippen LogP contribution in [0.15, 0.2) is 18.3 Å². The number of alkyl halides is 4. The standard InChI is InChI=1S/C7H5BrClF2N/c8-7(10,11)6-2-1-5(3-9)4-12-6/h1-2,4H,3H2. The summed E-state index contributed by atoms with van der Waals surface area (Å²) in [5.74, 6) is 0.279. The molecule has 1 aromatic rings. The molecule has 0 spiro atoms. The van der Waals surface area contributed by atoms with Crippen molar-refractivity contribution in [2.24, 2.45) is 0 Å². The Labute approximate surface area is 81.9 Å². The van der Waals surface area contributed by atoms with Crippen LogP contribution in [0.2, 0.25) is 0 Å². The second kappa shape index (κ2) is 3.66. The largest absolute Gasteiger partial charge is 0.343 e. The van der Waals surface area contributed by atoms with E-state index in [-0.39, 0.29) is 11.6 Å². The lowest BCUT2D eigenvalue weighted by Crippen LogP contribution is -2.05. The Morgan fingerprint density at radius 3 is 2.50 bits per heavy atom. The third kappa shape index (κ3) is 2.38. The molecule has 0 unspecified atom stereocenters. The van der Waals surface area contributed by atoms with Gasteiger partial charge in [-0.25, -0.2) is 0 Å². The van der Waals surface area contributed by atoms with E-state index < -0.39 is 4.83 Å². The molecule has 0 atom stereocenters. The van der Waals surface area contributed by atoms with Gasteiger partial charge in [-0.05, 0) is 27.6 Å². The normalized spacial score (nSPS) is 11.7. The summed E-state index contributed by atoms with van der Waals surface area (Å²) in [6, 6.07) is 2.76. The summed E-state index contributed by atoms with van der Waals surface area (Å²) in [5, 5.41) is 0. The van der Waals surface area contributed by atoms with Gasteiger partial charge in [-0.1, -0.05) is 6.07 Å². The molecule has 1 nitrogen and oxygen atoms in total. The van der Waals surface area contributed by atoms with Gasteiger partial charge in [0.25, 0.3) is 0 Å². The monoisotopic (exact) mass is 255 g/mol. The van der Waals surface area contributed by atoms with Crippen LogP contribution in [-0.2, 0) is 10.7 Å². The molecule has 0 saturated carbocycles. The molecular formula is C7H5BrClF2N. The number of nitrogens with zero attached hydrogens (tertiary/aromatic N) is 1. The molecule has 0 saturated heterocycles. The van der Waals surface area contributed by atoms with Crippen LogP contribution in [0.1, 0.15) is 11.3 Å². The van der Waals surface area contributed by atoms with Crippen LogP contribution in [0.4, 0.5) is 8.78 Å². The quantitative estimate of drug-likeness (QED) is 0.740. The molecule has 0 bridgehead atoms. The summed E-state index contributed by atoms with van der Waals surface area (Å²) >= 11 is 7.66. The summed E-state index contributed by atoms with van der Waals surface area (Å²) in [6.45, 7) is 0. The molecule has 5 heteroatoms. The predicted molar refractivity (Wildman–Crippen MR) is 46.6 cm³/mol. The number of aromatic nitrogens is 1. The molecule has 0 aliphatic heterocycles. The van der Waals surface area contributed by atoms with Gasteiger partial charge in [-0.3, -0.25) is 4.98 Å². The first kappa shape index (κ1) is 9.86. The van der Waals surface area contributed by atoms with E-state index >= 15 is 0 Å². The van der Waals surface area contributed by atoms with E-state index in [0.717, 1.165) is 5.56 Å². The maximum Gasteiger partial charge on any atom is 0.343 e. The maximum atomic E-state index is 12.5. The van der Waals surface area contributed by atoms with Gasteiger partial charge in [0.2, 0.25) is 0 Å². The Morgan fingerprint density at radius 2 is 2.17 bits per heavy atom. The second-order valence-electron chi connectivity index (χ2n) is 2.18. The van der Waals surface area contributed by atoms with Gasteiger partial charge in [0, 0.05) is 12.1 Å². The van der Waals surface area contributed by atoms with Gasteiger partial charge >= 0.3 is 4.83 Å². The van der Waals surface area contributed by atoms with E-state index in [9.17, 15) is 8.78 Å². The van der Waals surface area contributed by atoms with Gasteiger partial charge in [-0.15, -0.1) is 11.6 Å². The molecule has 0 fully saturated rings. The van der Waals surface area contributed by atoms with Crippen molar-refractivity contribution >= 4 is 27.5 Å². The fraction of sp³-hybridized carbons (Fsp3) is 0.286. The van der Waals surface area contributed by atoms with Crippen LogP contribution >= 0.6 is 27.5 Å². The Kier molecular flexibility index (Phi) is 3.01. The first-order valence-electron chi connectivity index (χ1n) is 3.12. The Hall–Kier alpha value is -0.220. The second-order valence-corrected chi connectivity index (χ2v) is 3.45. The SMILES string of the molecule is FC(F)(Br)c1ccc(CCl)cn1. The van der Waals surface area contributed by atoms with Crippen molar-refractivity contribution in [2.75, 3.05) is 0 Å². The minimum Gasteiger partial charge on any atom is -0.254 e. The average Bonchev–Trinajstić information content (AvgIpc) is 2.03. The lowest BCUT2D eigenvalue weighted by molar-refractivity contribution is 0.109. The van der Waals surface area contributed by atoms with Gasteiger partial charge in [-0.2, -0.15) is 8.78 Å². The summed E-state index contributed by atoms with van der Waals surface area (Å²) in [6.07, 6.45) is 1.33. The molecule has 0 radical (unpaired) electrons. The third-order valence-corrected chi connectivity index (χ3v) is 1.98. The minimum atomic E-state index is -3.06. The lowest BCUT2D eigenvalue weighted by atomic mass is 10.3. The van der Waals surface area contributed by atoms with Gasteiger partial charge in [0.1, 0.15) is 5.69 Å². The zero-order valence-electron chi connectivity index (χ0n) is 5.90. The zero-order chi connectivity index (χ0) is 9.19. The van der Waals surface area contributed by atoms with Crippen molar-refractivity contribution in [3.05, 3.63) is 29.6 Å². The molecule has 66 valence electrons. The van der Waals surface area contributed by atoms with Crippen molar-refractivity contribution in [1.82, 2.24) is 4.98 Å². The molecule has 1 rings (SSSR count). The highest BCUT2D eigenvalue weighted by molar-refractivity contribution is 9.09. The Balaban J connectivity index is 2.93. The summed E-state index contributed by atoms with van der Waals surface area (Å²) in [5.41, 5.74) is 0.411. The molecule has 12 heavy (non-hydrogen) atoms. The summed E-state index contributed by atoms with van der Waals surface area (Å²) < 4.78 is 25.0. The predicted octanol–water partition coefficient (Wildman–Crippen LogP) is 3.26. The average molecular weight is 256 g/mol. The van der Waals surface area contributed by atoms with E-state index in [0.29, 0.717) is 0 Å². The highest BCUT2D eigenvalue weighted by atomic mass is 79.9. The minimum absolute atomic E-state index is 0.279. The van der Waals surface area contributed by atoms with E-state index in [4.69, 9.17) is 11.6 Å². The van der Waals surface area contributed by atoms with Crippen LogP contribution in [0.5, 0.6) is 0 Å². The van der Waals surface area contributed by atoms with Crippen LogP contribution in [0.25, 0.3) is 0 Å². The highest BCUT2D eigenvalue weighted by Crippen LogP contribution is 2.32. The first-order chi connectivity index (χ1) is 5.54. The van der Waals surface area contributed by atoms with Crippen molar-refractivity contribution in [3.63, 3.8) is 0 Å². The molecule has 0 aromatic carbocycles. The lowest BCUT2D eigenvalue weighted by Gasteiger charge is -2.06. The van der Waals surface area contributed by atoms with E-state index in [1.54, 1.807) is 0 Å². The van der Waals surface area contributed by atoms with Gasteiger partial charge in [0.05, 0.1) is 0 Å². The molecule has 0 aliphatic carbocycles. The number of hydrogen-bond donors (Lipinski definition) is 0. The number of rotatable bonds is 2. The van der Waals surface area contributed by atoms with Crippen molar-refractivity contribution in [2.45, 2.75) is 10.7 Å². The smallest absolute Gasteiger partial charge is 0.254 e. The molecular weight excluding hydrogens is 251 g/mol. The maximum absolute atomic E-state index is 12.5. The molecule has 1 heterocycles. The zero-order valence-corrected chi connectivity index (χ0v) is 8.24. The van der Waals surface area contributed by atoms with E-state index in [2.05, 4.69) is 20.9 Å². The highest BCUT2D eigenvalue weighted by Gasteiger charge is 2.28. The van der Waals surface area contributed by atoms with Crippen molar-refractivity contribution in [1.29, 1.82) is 0 Å². The Bertz CT molecular complexity index is 257. The van der Waals surface area contributed by atoms with Crippen LogP contribution in [0, 0.1) is 0 Å². The fourth-order valence-electron chi connectivity index (χ4n) is 0.671. The van der Waals surface area contributed by atoms with E-state index in [1.807, 2.05) is 0 Å². The fourth-order valence-corrected chi connectivity index (χ4v) is 1.06. The van der Waals surface area contributed by atoms with E-state index in [1.165, 1.54) is 18.3 Å². The van der Waals surface area contributed by atoms with Gasteiger partial charge < -0.3 is 0 Å². The van der Waals surface area contributed by atoms with Crippen molar-refractivity contribution in [3.8, 4) is 0 Å². The van der Waals surface area contributed by atoms with Crippen LogP contribution in [-0.4, -0.2) is 4.98 Å². The molecule has 0 N–H and O–H groups in total. The summed E-state index contributed by atoms with van der Waals surface area (Å²) in [4.78, 5) is 0.482. The van der Waals surface area contributed by atoms with Crippen LogP contribution in [0.3, 0.4) is 0 Å². The number of halogens is 4. The molecule has 0 amide bonds. The van der Waals surface area contributed by atoms with Crippen LogP contribution < -0.4 is 0 Å². The first-order valence-corrected chi connectivity index (χ1v) is 4.45. The third-order valence-electron chi connectivity index (χ3n) is 1.27. The number of pyridine rings is 1. The number of hydrogen-bond acceptors (Lipinski definition) is 1. The van der Waals surface area contributed by atoms with Crippen molar-refractivity contribution < 1.29 is 8.78 Å². The summed E-state index contributed by atoms with van der Waals surface area (Å²) in [7, 11) is 0. The topological polar surface area (TPSA) is 12.9 Å².